The Hall–Kier alpha value is -1.97. The molecule has 0 saturated carbocycles. The van der Waals surface area contributed by atoms with E-state index in [4.69, 9.17) is 4.74 Å². The van der Waals surface area contributed by atoms with Crippen molar-refractivity contribution in [3.8, 4) is 16.9 Å². The van der Waals surface area contributed by atoms with Crippen molar-refractivity contribution in [3.63, 3.8) is 0 Å². The molecule has 0 aliphatic rings. The predicted octanol–water partition coefficient (Wildman–Crippen LogP) is 4.09. The van der Waals surface area contributed by atoms with Crippen LogP contribution >= 0.6 is 0 Å². The summed E-state index contributed by atoms with van der Waals surface area (Å²) in [6.45, 7) is 1.76. The number of ether oxygens (including phenoxy) is 1. The Morgan fingerprint density at radius 2 is 1.50 bits per heavy atom. The Kier molecular flexibility index (Phi) is 3.28. The van der Waals surface area contributed by atoms with Crippen LogP contribution in [0.25, 0.3) is 11.1 Å². The summed E-state index contributed by atoms with van der Waals surface area (Å²) in [5.41, 5.74) is 1.25. The Balaban J connectivity index is 2.64. The lowest BCUT2D eigenvalue weighted by Gasteiger charge is -2.10. The molecule has 18 heavy (non-hydrogen) atoms. The molecule has 0 fully saturated rings. The van der Waals surface area contributed by atoms with Crippen molar-refractivity contribution in [3.05, 3.63) is 53.3 Å². The molecule has 0 heterocycles. The molecule has 0 bridgehead atoms. The van der Waals surface area contributed by atoms with Crippen molar-refractivity contribution in [2.75, 3.05) is 7.11 Å². The topological polar surface area (TPSA) is 9.23 Å². The highest BCUT2D eigenvalue weighted by atomic mass is 19.2. The van der Waals surface area contributed by atoms with Crippen LogP contribution in [-0.4, -0.2) is 7.11 Å². The first-order valence-electron chi connectivity index (χ1n) is 5.32. The van der Waals surface area contributed by atoms with Crippen LogP contribution in [0.3, 0.4) is 0 Å². The number of hydrogen-bond donors (Lipinski definition) is 0. The van der Waals surface area contributed by atoms with E-state index in [1.165, 1.54) is 7.11 Å². The molecule has 94 valence electrons. The molecule has 2 rings (SSSR count). The molecule has 0 saturated heterocycles. The van der Waals surface area contributed by atoms with Gasteiger partial charge in [-0.05, 0) is 36.2 Å². The van der Waals surface area contributed by atoms with E-state index in [9.17, 15) is 13.2 Å². The van der Waals surface area contributed by atoms with Crippen LogP contribution in [0.1, 0.15) is 5.56 Å². The van der Waals surface area contributed by atoms with Crippen LogP contribution in [0.4, 0.5) is 13.2 Å². The summed E-state index contributed by atoms with van der Waals surface area (Å²) in [6.07, 6.45) is 0. The third-order valence-electron chi connectivity index (χ3n) is 2.74. The number of halogens is 3. The summed E-state index contributed by atoms with van der Waals surface area (Å²) in [5.74, 6) is -2.55. The third kappa shape index (κ3) is 2.18. The average Bonchev–Trinajstić information content (AvgIpc) is 2.35. The summed E-state index contributed by atoms with van der Waals surface area (Å²) < 4.78 is 44.8. The van der Waals surface area contributed by atoms with Crippen molar-refractivity contribution in [1.82, 2.24) is 0 Å². The Bertz CT molecular complexity index is 594. The molecular formula is C14H11F3O. The van der Waals surface area contributed by atoms with E-state index in [1.807, 2.05) is 0 Å². The van der Waals surface area contributed by atoms with Crippen LogP contribution in [0.5, 0.6) is 5.75 Å². The fraction of sp³-hybridized carbons (Fsp3) is 0.143. The molecule has 2 aromatic carbocycles. The van der Waals surface area contributed by atoms with E-state index in [-0.39, 0.29) is 5.56 Å². The molecule has 0 spiro atoms. The summed E-state index contributed by atoms with van der Waals surface area (Å²) in [6, 6.07) is 6.44. The zero-order valence-electron chi connectivity index (χ0n) is 9.93. The minimum absolute atomic E-state index is 0.0188. The van der Waals surface area contributed by atoms with Crippen molar-refractivity contribution < 1.29 is 17.9 Å². The lowest BCUT2D eigenvalue weighted by molar-refractivity contribution is 0.415. The molecule has 0 amide bonds. The van der Waals surface area contributed by atoms with E-state index in [0.29, 0.717) is 17.4 Å². The fourth-order valence-electron chi connectivity index (χ4n) is 1.75. The molecule has 0 aromatic heterocycles. The van der Waals surface area contributed by atoms with Crippen LogP contribution in [0, 0.1) is 24.4 Å². The highest BCUT2D eigenvalue weighted by molar-refractivity contribution is 5.69. The summed E-state index contributed by atoms with van der Waals surface area (Å²) in [7, 11) is 1.48. The number of benzene rings is 2. The van der Waals surface area contributed by atoms with Gasteiger partial charge in [0.2, 0.25) is 0 Å². The van der Waals surface area contributed by atoms with E-state index in [0.717, 1.165) is 11.6 Å². The van der Waals surface area contributed by atoms with Gasteiger partial charge >= 0.3 is 0 Å². The second-order valence-corrected chi connectivity index (χ2v) is 3.93. The Labute approximate surface area is 103 Å². The van der Waals surface area contributed by atoms with Gasteiger partial charge in [0, 0.05) is 11.6 Å². The predicted molar refractivity (Wildman–Crippen MR) is 63.0 cm³/mol. The fourth-order valence-corrected chi connectivity index (χ4v) is 1.75. The largest absolute Gasteiger partial charge is 0.497 e. The molecule has 0 aliphatic heterocycles. The SMILES string of the molecule is COc1ccc(C)c(-c2cc(F)c(F)cc2F)c1. The third-order valence-corrected chi connectivity index (χ3v) is 2.74. The first-order chi connectivity index (χ1) is 8.52. The van der Waals surface area contributed by atoms with Crippen molar-refractivity contribution in [2.24, 2.45) is 0 Å². The standard InChI is InChI=1S/C14H11F3O/c1-8-3-4-9(18-2)5-10(8)11-6-13(16)14(17)7-12(11)15/h3-7H,1-2H3. The monoisotopic (exact) mass is 252 g/mol. The van der Waals surface area contributed by atoms with Gasteiger partial charge in [-0.3, -0.25) is 0 Å². The van der Waals surface area contributed by atoms with Crippen LogP contribution in [0.2, 0.25) is 0 Å². The zero-order chi connectivity index (χ0) is 13.3. The lowest BCUT2D eigenvalue weighted by atomic mass is 9.99. The summed E-state index contributed by atoms with van der Waals surface area (Å²) in [5, 5.41) is 0. The van der Waals surface area contributed by atoms with E-state index < -0.39 is 17.5 Å². The first-order valence-corrected chi connectivity index (χ1v) is 5.32. The van der Waals surface area contributed by atoms with Gasteiger partial charge in [-0.1, -0.05) is 6.07 Å². The molecule has 0 aliphatic carbocycles. The molecule has 1 nitrogen and oxygen atoms in total. The van der Waals surface area contributed by atoms with Crippen LogP contribution < -0.4 is 4.74 Å². The summed E-state index contributed by atoms with van der Waals surface area (Å²) in [4.78, 5) is 0. The van der Waals surface area contributed by atoms with Crippen molar-refractivity contribution in [2.45, 2.75) is 6.92 Å². The van der Waals surface area contributed by atoms with Gasteiger partial charge in [0.25, 0.3) is 0 Å². The van der Waals surface area contributed by atoms with Crippen molar-refractivity contribution in [1.29, 1.82) is 0 Å². The smallest absolute Gasteiger partial charge is 0.161 e. The van der Waals surface area contributed by atoms with Gasteiger partial charge in [0.05, 0.1) is 7.11 Å². The Morgan fingerprint density at radius 3 is 2.17 bits per heavy atom. The maximum absolute atomic E-state index is 13.7. The molecule has 0 radical (unpaired) electrons. The maximum Gasteiger partial charge on any atom is 0.161 e. The van der Waals surface area contributed by atoms with Crippen molar-refractivity contribution >= 4 is 0 Å². The number of methoxy groups -OCH3 is 1. The second kappa shape index (κ2) is 4.72. The van der Waals surface area contributed by atoms with E-state index in [1.54, 1.807) is 25.1 Å². The second-order valence-electron chi connectivity index (χ2n) is 3.93. The lowest BCUT2D eigenvalue weighted by Crippen LogP contribution is -1.94. The van der Waals surface area contributed by atoms with E-state index in [2.05, 4.69) is 0 Å². The molecule has 0 unspecified atom stereocenters. The minimum atomic E-state index is -1.20. The van der Waals surface area contributed by atoms with Gasteiger partial charge in [-0.2, -0.15) is 0 Å². The first kappa shape index (κ1) is 12.5. The maximum atomic E-state index is 13.7. The molecular weight excluding hydrogens is 241 g/mol. The number of aryl methyl sites for hydroxylation is 1. The summed E-state index contributed by atoms with van der Waals surface area (Å²) >= 11 is 0. The molecule has 2 aromatic rings. The van der Waals surface area contributed by atoms with Gasteiger partial charge in [0.15, 0.2) is 11.6 Å². The molecule has 0 atom stereocenters. The van der Waals surface area contributed by atoms with Gasteiger partial charge in [-0.25, -0.2) is 13.2 Å². The van der Waals surface area contributed by atoms with Crippen LogP contribution in [-0.2, 0) is 0 Å². The average molecular weight is 252 g/mol. The minimum Gasteiger partial charge on any atom is -0.497 e. The highest BCUT2D eigenvalue weighted by Crippen LogP contribution is 2.30. The van der Waals surface area contributed by atoms with Gasteiger partial charge < -0.3 is 4.74 Å². The van der Waals surface area contributed by atoms with Crippen LogP contribution in [0.15, 0.2) is 30.3 Å². The quantitative estimate of drug-likeness (QED) is 0.731. The molecule has 4 heteroatoms. The van der Waals surface area contributed by atoms with Gasteiger partial charge in [-0.15, -0.1) is 0 Å². The van der Waals surface area contributed by atoms with E-state index >= 15 is 0 Å². The highest BCUT2D eigenvalue weighted by Gasteiger charge is 2.13. The number of hydrogen-bond acceptors (Lipinski definition) is 1. The van der Waals surface area contributed by atoms with Gasteiger partial charge in [0.1, 0.15) is 11.6 Å². The normalized spacial score (nSPS) is 10.5. The zero-order valence-corrected chi connectivity index (χ0v) is 9.93. The number of rotatable bonds is 2. The molecule has 0 N–H and O–H groups in total. The Morgan fingerprint density at radius 1 is 0.833 bits per heavy atom.